The summed E-state index contributed by atoms with van der Waals surface area (Å²) >= 11 is 0. The number of pyridine rings is 4. The molecule has 6 heterocycles. The van der Waals surface area contributed by atoms with E-state index in [1.165, 1.54) is 0 Å². The predicted octanol–water partition coefficient (Wildman–Crippen LogP) is 8.52. The lowest BCUT2D eigenvalue weighted by Crippen LogP contribution is -1.98. The molecule has 8 heteroatoms. The molecular weight excluding hydrogens is 592 g/mol. The Morgan fingerprint density at radius 1 is 0.250 bits per heavy atom. The molecule has 8 rings (SSSR count). The molecule has 0 fully saturated rings. The second-order valence-electron chi connectivity index (χ2n) is 10.9. The molecule has 226 valence electrons. The Kier molecular flexibility index (Phi) is 7.70. The third kappa shape index (κ3) is 6.05. The van der Waals surface area contributed by atoms with Crippen LogP contribution in [-0.4, -0.2) is 39.9 Å². The fraction of sp³-hybridized carbons (Fsp3) is 0. The van der Waals surface area contributed by atoms with E-state index in [1.807, 2.05) is 97.1 Å². The summed E-state index contributed by atoms with van der Waals surface area (Å²) in [5, 5.41) is 0. The number of benzene rings is 2. The molecule has 0 saturated carbocycles. The van der Waals surface area contributed by atoms with Gasteiger partial charge in [0.1, 0.15) is 11.4 Å². The molecule has 0 unspecified atom stereocenters. The van der Waals surface area contributed by atoms with Gasteiger partial charge in [0.2, 0.25) is 0 Å². The van der Waals surface area contributed by atoms with Crippen molar-refractivity contribution in [3.05, 3.63) is 158 Å². The third-order valence-electron chi connectivity index (χ3n) is 7.74. The van der Waals surface area contributed by atoms with E-state index in [2.05, 4.69) is 56.3 Å². The molecule has 8 aromatic rings. The van der Waals surface area contributed by atoms with Gasteiger partial charge >= 0.3 is 0 Å². The molecular formula is C40H26N8. The summed E-state index contributed by atoms with van der Waals surface area (Å²) in [5.41, 5.74) is 9.91. The van der Waals surface area contributed by atoms with Crippen LogP contribution in [0.15, 0.2) is 158 Å². The molecule has 48 heavy (non-hydrogen) atoms. The molecule has 0 amide bonds. The molecule has 0 aliphatic rings. The first-order valence-corrected chi connectivity index (χ1v) is 15.4. The van der Waals surface area contributed by atoms with E-state index in [0.717, 1.165) is 56.4 Å². The van der Waals surface area contributed by atoms with Gasteiger partial charge in [-0.05, 0) is 83.9 Å². The second-order valence-corrected chi connectivity index (χ2v) is 10.9. The van der Waals surface area contributed by atoms with Crippen LogP contribution in [-0.2, 0) is 0 Å². The van der Waals surface area contributed by atoms with Gasteiger partial charge in [-0.15, -0.1) is 0 Å². The van der Waals surface area contributed by atoms with Gasteiger partial charge in [0.05, 0.1) is 34.2 Å². The summed E-state index contributed by atoms with van der Waals surface area (Å²) in [6.07, 6.45) is 7.02. The Balaban J connectivity index is 1.21. The highest BCUT2D eigenvalue weighted by Crippen LogP contribution is 2.32. The van der Waals surface area contributed by atoms with Crippen molar-refractivity contribution in [1.29, 1.82) is 0 Å². The number of rotatable bonds is 7. The van der Waals surface area contributed by atoms with Gasteiger partial charge in [0.25, 0.3) is 0 Å². The fourth-order valence-electron chi connectivity index (χ4n) is 5.42. The predicted molar refractivity (Wildman–Crippen MR) is 187 cm³/mol. The van der Waals surface area contributed by atoms with Crippen LogP contribution in [0.5, 0.6) is 0 Å². The highest BCUT2D eigenvalue weighted by atomic mass is 14.9. The van der Waals surface area contributed by atoms with Crippen LogP contribution in [0, 0.1) is 0 Å². The zero-order chi connectivity index (χ0) is 32.1. The lowest BCUT2D eigenvalue weighted by molar-refractivity contribution is 1.13. The molecule has 0 saturated heterocycles. The minimum absolute atomic E-state index is 0.539. The quantitative estimate of drug-likeness (QED) is 0.175. The number of hydrogen-bond acceptors (Lipinski definition) is 8. The third-order valence-corrected chi connectivity index (χ3v) is 7.74. The van der Waals surface area contributed by atoms with Gasteiger partial charge in [-0.1, -0.05) is 60.7 Å². The standard InChI is InChI=1S/C40H26N8/c1-5-19-41-31(15-1)37-25-35(45-39(47-37)33-17-3-7-21-43-33)29-13-9-11-27(23-29)28-12-10-14-30(24-28)36-26-38(32-16-2-6-20-42-32)48-40(46-36)34-18-4-8-22-44-34/h1-26H. The van der Waals surface area contributed by atoms with Crippen LogP contribution < -0.4 is 0 Å². The smallest absolute Gasteiger partial charge is 0.179 e. The maximum absolute atomic E-state index is 4.95. The first kappa shape index (κ1) is 28.7. The molecule has 0 spiro atoms. The van der Waals surface area contributed by atoms with Crippen molar-refractivity contribution < 1.29 is 0 Å². The summed E-state index contributed by atoms with van der Waals surface area (Å²) < 4.78 is 0. The van der Waals surface area contributed by atoms with E-state index in [1.54, 1.807) is 24.8 Å². The first-order valence-electron chi connectivity index (χ1n) is 15.4. The number of aromatic nitrogens is 8. The number of nitrogens with zero attached hydrogens (tertiary/aromatic N) is 8. The van der Waals surface area contributed by atoms with Crippen molar-refractivity contribution in [2.75, 3.05) is 0 Å². The molecule has 0 radical (unpaired) electrons. The highest BCUT2D eigenvalue weighted by molar-refractivity contribution is 5.78. The maximum atomic E-state index is 4.95. The summed E-state index contributed by atoms with van der Waals surface area (Å²) in [6.45, 7) is 0. The van der Waals surface area contributed by atoms with Gasteiger partial charge in [-0.25, -0.2) is 19.9 Å². The summed E-state index contributed by atoms with van der Waals surface area (Å²) in [6, 6.07) is 43.7. The van der Waals surface area contributed by atoms with E-state index in [-0.39, 0.29) is 0 Å². The lowest BCUT2D eigenvalue weighted by Gasteiger charge is -2.11. The van der Waals surface area contributed by atoms with Crippen molar-refractivity contribution in [1.82, 2.24) is 39.9 Å². The minimum atomic E-state index is 0.539. The zero-order valence-corrected chi connectivity index (χ0v) is 25.6. The first-order chi connectivity index (χ1) is 23.8. The van der Waals surface area contributed by atoms with E-state index >= 15 is 0 Å². The number of hydrogen-bond donors (Lipinski definition) is 0. The molecule has 8 nitrogen and oxygen atoms in total. The Labute approximate surface area is 277 Å². The van der Waals surface area contributed by atoms with Crippen LogP contribution in [0.1, 0.15) is 0 Å². The van der Waals surface area contributed by atoms with Gasteiger partial charge in [-0.3, -0.25) is 19.9 Å². The topological polar surface area (TPSA) is 103 Å². The van der Waals surface area contributed by atoms with E-state index < -0.39 is 0 Å². The Bertz CT molecular complexity index is 2050. The minimum Gasteiger partial charge on any atom is -0.255 e. The zero-order valence-electron chi connectivity index (χ0n) is 25.6. The van der Waals surface area contributed by atoms with Gasteiger partial charge < -0.3 is 0 Å². The Hall–Kier alpha value is -6.80. The maximum Gasteiger partial charge on any atom is 0.179 e. The van der Waals surface area contributed by atoms with Crippen molar-refractivity contribution in [2.45, 2.75) is 0 Å². The van der Waals surface area contributed by atoms with Gasteiger partial charge in [-0.2, -0.15) is 0 Å². The lowest BCUT2D eigenvalue weighted by atomic mass is 9.98. The van der Waals surface area contributed by atoms with Crippen LogP contribution in [0.4, 0.5) is 0 Å². The van der Waals surface area contributed by atoms with Crippen LogP contribution in [0.2, 0.25) is 0 Å². The Morgan fingerprint density at radius 2 is 0.604 bits per heavy atom. The molecule has 0 bridgehead atoms. The summed E-state index contributed by atoms with van der Waals surface area (Å²) in [7, 11) is 0. The normalized spacial score (nSPS) is 10.9. The van der Waals surface area contributed by atoms with Crippen molar-refractivity contribution in [3.63, 3.8) is 0 Å². The summed E-state index contributed by atoms with van der Waals surface area (Å²) in [5.74, 6) is 1.08. The molecule has 6 aromatic heterocycles. The van der Waals surface area contributed by atoms with E-state index in [9.17, 15) is 0 Å². The highest BCUT2D eigenvalue weighted by Gasteiger charge is 2.15. The van der Waals surface area contributed by atoms with Crippen LogP contribution in [0.25, 0.3) is 79.5 Å². The van der Waals surface area contributed by atoms with Crippen molar-refractivity contribution in [2.24, 2.45) is 0 Å². The van der Waals surface area contributed by atoms with Crippen molar-refractivity contribution in [3.8, 4) is 79.5 Å². The largest absolute Gasteiger partial charge is 0.255 e. The van der Waals surface area contributed by atoms with E-state index in [0.29, 0.717) is 23.0 Å². The Morgan fingerprint density at radius 3 is 0.979 bits per heavy atom. The monoisotopic (exact) mass is 618 g/mol. The molecule has 2 aromatic carbocycles. The molecule has 0 N–H and O–H groups in total. The average molecular weight is 619 g/mol. The summed E-state index contributed by atoms with van der Waals surface area (Å²) in [4.78, 5) is 37.7. The fourth-order valence-corrected chi connectivity index (χ4v) is 5.42. The van der Waals surface area contributed by atoms with Gasteiger partial charge in [0.15, 0.2) is 11.6 Å². The van der Waals surface area contributed by atoms with Crippen LogP contribution >= 0.6 is 0 Å². The molecule has 0 atom stereocenters. The van der Waals surface area contributed by atoms with E-state index in [4.69, 9.17) is 19.9 Å². The molecule has 0 aliphatic carbocycles. The molecule has 0 aliphatic heterocycles. The SMILES string of the molecule is c1ccc(-c2cc(-c3cccc(-c4cccc(-c5cc(-c6ccccn6)nc(-c6ccccn6)n5)c4)c3)nc(-c3ccccn3)n2)nc1. The van der Waals surface area contributed by atoms with Crippen molar-refractivity contribution >= 4 is 0 Å². The average Bonchev–Trinajstić information content (AvgIpc) is 3.19. The second kappa shape index (κ2) is 12.9. The van der Waals surface area contributed by atoms with Crippen LogP contribution in [0.3, 0.4) is 0 Å². The van der Waals surface area contributed by atoms with Gasteiger partial charge in [0, 0.05) is 35.9 Å².